The van der Waals surface area contributed by atoms with E-state index in [1.54, 1.807) is 18.1 Å². The third-order valence-corrected chi connectivity index (χ3v) is 3.99. The van der Waals surface area contributed by atoms with Crippen molar-refractivity contribution in [2.24, 2.45) is 0 Å². The lowest BCUT2D eigenvalue weighted by atomic mass is 10.3. The molecule has 0 aliphatic rings. The van der Waals surface area contributed by atoms with Gasteiger partial charge in [0.2, 0.25) is 0 Å². The molecule has 3 nitrogen and oxygen atoms in total. The molecule has 2 N–H and O–H groups in total. The molecule has 6 heteroatoms. The summed E-state index contributed by atoms with van der Waals surface area (Å²) in [6, 6.07) is 5.98. The second-order valence-corrected chi connectivity index (χ2v) is 5.81. The Balaban J connectivity index is 2.25. The van der Waals surface area contributed by atoms with Crippen molar-refractivity contribution < 1.29 is 0 Å². The zero-order valence-electron chi connectivity index (χ0n) is 6.98. The first-order valence-corrected chi connectivity index (χ1v) is 6.42. The monoisotopic (exact) mass is 335 g/mol. The molecule has 0 saturated carbocycles. The van der Waals surface area contributed by atoms with Crippen LogP contribution in [0.2, 0.25) is 0 Å². The lowest BCUT2D eigenvalue weighted by Crippen LogP contribution is -1.88. The quantitative estimate of drug-likeness (QED) is 0.677. The first kappa shape index (κ1) is 10.2. The molecule has 2 rings (SSSR count). The zero-order chi connectivity index (χ0) is 9.97. The molecule has 0 aliphatic carbocycles. The minimum atomic E-state index is 0.789. The summed E-state index contributed by atoms with van der Waals surface area (Å²) in [6.45, 7) is 0. The average Bonchev–Trinajstić information content (AvgIpc) is 2.62. The minimum absolute atomic E-state index is 0.789. The lowest BCUT2D eigenvalue weighted by molar-refractivity contribution is 1.21. The van der Waals surface area contributed by atoms with E-state index in [9.17, 15) is 0 Å². The highest BCUT2D eigenvalue weighted by Crippen LogP contribution is 2.32. The fourth-order valence-corrected chi connectivity index (χ4v) is 2.86. The van der Waals surface area contributed by atoms with Crippen molar-refractivity contribution in [1.29, 1.82) is 0 Å². The number of benzene rings is 1. The van der Waals surface area contributed by atoms with Crippen molar-refractivity contribution in [3.8, 4) is 0 Å². The van der Waals surface area contributed by atoms with Crippen LogP contribution in [0.5, 0.6) is 0 Å². The van der Waals surface area contributed by atoms with Crippen LogP contribution in [0, 0.1) is 3.57 Å². The Hall–Kier alpha value is -0.340. The molecule has 1 heterocycles. The van der Waals surface area contributed by atoms with Gasteiger partial charge in [0.1, 0.15) is 6.33 Å². The second kappa shape index (κ2) is 4.45. The van der Waals surface area contributed by atoms with Gasteiger partial charge < -0.3 is 5.73 Å². The summed E-state index contributed by atoms with van der Waals surface area (Å²) < 4.78 is 5.99. The molecular formula is C8H6IN3S2. The van der Waals surface area contributed by atoms with Gasteiger partial charge in [-0.1, -0.05) is 11.8 Å². The van der Waals surface area contributed by atoms with Crippen LogP contribution in [0.3, 0.4) is 0 Å². The first-order chi connectivity index (χ1) is 6.75. The molecule has 2 aromatic rings. The van der Waals surface area contributed by atoms with Crippen LogP contribution in [-0.2, 0) is 0 Å². The predicted molar refractivity (Wildman–Crippen MR) is 67.6 cm³/mol. The number of nitrogen functional groups attached to an aromatic ring is 1. The molecule has 1 aromatic heterocycles. The third kappa shape index (κ3) is 2.37. The fourth-order valence-electron chi connectivity index (χ4n) is 0.914. The zero-order valence-corrected chi connectivity index (χ0v) is 10.8. The molecule has 0 aliphatic heterocycles. The Morgan fingerprint density at radius 3 is 2.93 bits per heavy atom. The summed E-state index contributed by atoms with van der Waals surface area (Å²) in [7, 11) is 0. The van der Waals surface area contributed by atoms with Crippen LogP contribution in [0.1, 0.15) is 0 Å². The van der Waals surface area contributed by atoms with Crippen molar-refractivity contribution in [3.05, 3.63) is 28.1 Å². The lowest BCUT2D eigenvalue weighted by Gasteiger charge is -2.02. The van der Waals surface area contributed by atoms with Crippen molar-refractivity contribution in [2.45, 2.75) is 9.24 Å². The molecule has 14 heavy (non-hydrogen) atoms. The van der Waals surface area contributed by atoms with E-state index in [0.29, 0.717) is 0 Å². The van der Waals surface area contributed by atoms with E-state index >= 15 is 0 Å². The van der Waals surface area contributed by atoms with Gasteiger partial charge in [-0.15, -0.1) is 0 Å². The summed E-state index contributed by atoms with van der Waals surface area (Å²) in [4.78, 5) is 5.12. The molecule has 0 radical (unpaired) electrons. The smallest absolute Gasteiger partial charge is 0.174 e. The topological polar surface area (TPSA) is 51.8 Å². The molecule has 0 spiro atoms. The highest BCUT2D eigenvalue weighted by Gasteiger charge is 2.04. The Labute approximate surface area is 103 Å². The van der Waals surface area contributed by atoms with E-state index in [2.05, 4.69) is 31.9 Å². The number of anilines is 1. The molecule has 0 bridgehead atoms. The van der Waals surface area contributed by atoms with Gasteiger partial charge in [-0.25, -0.2) is 4.98 Å². The van der Waals surface area contributed by atoms with E-state index in [1.165, 1.54) is 11.5 Å². The van der Waals surface area contributed by atoms with Gasteiger partial charge in [-0.05, 0) is 52.3 Å². The molecule has 0 atom stereocenters. The maximum atomic E-state index is 5.87. The Bertz CT molecular complexity index is 430. The van der Waals surface area contributed by atoms with E-state index in [1.807, 2.05) is 18.2 Å². The van der Waals surface area contributed by atoms with Gasteiger partial charge in [0.05, 0.1) is 0 Å². The summed E-state index contributed by atoms with van der Waals surface area (Å²) in [5, 5.41) is 0. The summed E-state index contributed by atoms with van der Waals surface area (Å²) >= 11 is 5.16. The Morgan fingerprint density at radius 2 is 2.29 bits per heavy atom. The number of rotatable bonds is 2. The highest BCUT2D eigenvalue weighted by molar-refractivity contribution is 14.1. The summed E-state index contributed by atoms with van der Waals surface area (Å²) in [5.41, 5.74) is 6.66. The maximum Gasteiger partial charge on any atom is 0.174 e. The van der Waals surface area contributed by atoms with Crippen LogP contribution in [0.15, 0.2) is 33.8 Å². The van der Waals surface area contributed by atoms with Crippen molar-refractivity contribution >= 4 is 51.6 Å². The van der Waals surface area contributed by atoms with Gasteiger partial charge in [-0.3, -0.25) is 0 Å². The van der Waals surface area contributed by atoms with Crippen LogP contribution < -0.4 is 5.73 Å². The normalized spacial score (nSPS) is 10.4. The highest BCUT2D eigenvalue weighted by atomic mass is 127. The number of hydrogen-bond acceptors (Lipinski definition) is 5. The van der Waals surface area contributed by atoms with Crippen molar-refractivity contribution in [3.63, 3.8) is 0 Å². The Morgan fingerprint density at radius 1 is 1.43 bits per heavy atom. The van der Waals surface area contributed by atoms with Gasteiger partial charge in [-0.2, -0.15) is 4.37 Å². The number of nitrogens with two attached hydrogens (primary N) is 1. The van der Waals surface area contributed by atoms with Crippen molar-refractivity contribution in [2.75, 3.05) is 5.73 Å². The van der Waals surface area contributed by atoms with E-state index in [4.69, 9.17) is 5.73 Å². The summed E-state index contributed by atoms with van der Waals surface area (Å²) in [6.07, 6.45) is 1.55. The predicted octanol–water partition coefficient (Wildman–Crippen LogP) is 2.88. The largest absolute Gasteiger partial charge is 0.398 e. The maximum absolute atomic E-state index is 5.87. The molecular weight excluding hydrogens is 329 g/mol. The van der Waals surface area contributed by atoms with E-state index in [0.717, 1.165) is 18.5 Å². The summed E-state index contributed by atoms with van der Waals surface area (Å²) in [5.74, 6) is 0. The van der Waals surface area contributed by atoms with Gasteiger partial charge >= 0.3 is 0 Å². The molecule has 0 saturated heterocycles. The molecule has 0 unspecified atom stereocenters. The standard InChI is InChI=1S/C8H6IN3S2/c9-5-1-2-7(6(10)3-5)13-8-11-4-12-14-8/h1-4H,10H2. The van der Waals surface area contributed by atoms with E-state index in [-0.39, 0.29) is 0 Å². The SMILES string of the molecule is Nc1cc(I)ccc1Sc1ncns1. The molecule has 0 amide bonds. The van der Waals surface area contributed by atoms with Gasteiger partial charge in [0.25, 0.3) is 0 Å². The number of aromatic nitrogens is 2. The first-order valence-electron chi connectivity index (χ1n) is 3.75. The van der Waals surface area contributed by atoms with Gasteiger partial charge in [0.15, 0.2) is 4.34 Å². The third-order valence-electron chi connectivity index (χ3n) is 1.51. The second-order valence-electron chi connectivity index (χ2n) is 2.49. The van der Waals surface area contributed by atoms with Crippen LogP contribution >= 0.6 is 45.9 Å². The molecule has 0 fully saturated rings. The average molecular weight is 335 g/mol. The molecule has 72 valence electrons. The number of nitrogens with zero attached hydrogens (tertiary/aromatic N) is 2. The Kier molecular flexibility index (Phi) is 3.24. The fraction of sp³-hybridized carbons (Fsp3) is 0. The van der Waals surface area contributed by atoms with Crippen LogP contribution in [-0.4, -0.2) is 9.36 Å². The molecule has 1 aromatic carbocycles. The van der Waals surface area contributed by atoms with E-state index < -0.39 is 0 Å². The van der Waals surface area contributed by atoms with Gasteiger partial charge in [0, 0.05) is 14.2 Å². The van der Waals surface area contributed by atoms with Crippen LogP contribution in [0.25, 0.3) is 0 Å². The number of hydrogen-bond donors (Lipinski definition) is 1. The van der Waals surface area contributed by atoms with Crippen LogP contribution in [0.4, 0.5) is 5.69 Å². The number of halogens is 1. The minimum Gasteiger partial charge on any atom is -0.398 e. The van der Waals surface area contributed by atoms with Crippen molar-refractivity contribution in [1.82, 2.24) is 9.36 Å².